The third kappa shape index (κ3) is 2.56. The number of nitrogens with zero attached hydrogens (tertiary/aromatic N) is 3. The van der Waals surface area contributed by atoms with Gasteiger partial charge in [-0.15, -0.1) is 0 Å². The fraction of sp³-hybridized carbons (Fsp3) is 0.286. The van der Waals surface area contributed by atoms with E-state index in [1.165, 1.54) is 0 Å². The highest BCUT2D eigenvalue weighted by Crippen LogP contribution is 2.32. The Morgan fingerprint density at radius 3 is 2.65 bits per heavy atom. The lowest BCUT2D eigenvalue weighted by atomic mass is 10.1. The van der Waals surface area contributed by atoms with Gasteiger partial charge in [0.15, 0.2) is 5.82 Å². The molecule has 3 N–H and O–H groups in total. The zero-order chi connectivity index (χ0) is 14.9. The van der Waals surface area contributed by atoms with Gasteiger partial charge in [0.1, 0.15) is 0 Å². The van der Waals surface area contributed by atoms with Gasteiger partial charge in [-0.1, -0.05) is 25.4 Å². The Kier molecular flexibility index (Phi) is 3.86. The second kappa shape index (κ2) is 5.43. The molecule has 0 aliphatic carbocycles. The van der Waals surface area contributed by atoms with Gasteiger partial charge in [0, 0.05) is 7.05 Å². The molecule has 2 rings (SSSR count). The SMILES string of the molecule is CC(C)c1nn(C)c(Nc2ccc(C#N)cc2Cl)c1N. The Morgan fingerprint density at radius 2 is 2.15 bits per heavy atom. The number of nitrogens with one attached hydrogen (secondary N) is 1. The third-order valence-electron chi connectivity index (χ3n) is 3.01. The average molecular weight is 290 g/mol. The predicted octanol–water partition coefficient (Wildman–Crippen LogP) is 3.39. The number of nitriles is 1. The molecule has 1 heterocycles. The van der Waals surface area contributed by atoms with E-state index in [-0.39, 0.29) is 5.92 Å². The van der Waals surface area contributed by atoms with Crippen molar-refractivity contribution in [3.05, 3.63) is 34.5 Å². The van der Waals surface area contributed by atoms with Crippen LogP contribution in [0.25, 0.3) is 0 Å². The average Bonchev–Trinajstić information content (AvgIpc) is 2.68. The molecule has 1 aromatic carbocycles. The zero-order valence-corrected chi connectivity index (χ0v) is 12.4. The summed E-state index contributed by atoms with van der Waals surface area (Å²) in [5.74, 6) is 0.938. The number of anilines is 3. The fourth-order valence-electron chi connectivity index (χ4n) is 1.95. The molecule has 5 nitrogen and oxygen atoms in total. The van der Waals surface area contributed by atoms with Crippen molar-refractivity contribution in [3.8, 4) is 6.07 Å². The van der Waals surface area contributed by atoms with E-state index in [1.54, 1.807) is 22.9 Å². The van der Waals surface area contributed by atoms with E-state index in [2.05, 4.69) is 10.4 Å². The quantitative estimate of drug-likeness (QED) is 0.907. The van der Waals surface area contributed by atoms with Crippen LogP contribution in [-0.2, 0) is 7.05 Å². The molecule has 0 saturated heterocycles. The number of aryl methyl sites for hydroxylation is 1. The molecule has 0 spiro atoms. The van der Waals surface area contributed by atoms with E-state index in [0.29, 0.717) is 27.8 Å². The summed E-state index contributed by atoms with van der Waals surface area (Å²) in [4.78, 5) is 0. The largest absolute Gasteiger partial charge is 0.394 e. The van der Waals surface area contributed by atoms with Crippen LogP contribution in [0.5, 0.6) is 0 Å². The number of hydrogen-bond donors (Lipinski definition) is 2. The number of rotatable bonds is 3. The van der Waals surface area contributed by atoms with Gasteiger partial charge in [0.05, 0.1) is 33.7 Å². The summed E-state index contributed by atoms with van der Waals surface area (Å²) >= 11 is 6.15. The lowest BCUT2D eigenvalue weighted by Crippen LogP contribution is -2.01. The van der Waals surface area contributed by atoms with Gasteiger partial charge in [0.2, 0.25) is 0 Å². The summed E-state index contributed by atoms with van der Waals surface area (Å²) in [6, 6.07) is 7.11. The number of hydrogen-bond acceptors (Lipinski definition) is 4. The van der Waals surface area contributed by atoms with Crippen LogP contribution in [0.3, 0.4) is 0 Å². The van der Waals surface area contributed by atoms with Crippen molar-refractivity contribution in [2.75, 3.05) is 11.1 Å². The maximum Gasteiger partial charge on any atom is 0.152 e. The van der Waals surface area contributed by atoms with Gasteiger partial charge in [-0.2, -0.15) is 10.4 Å². The Bertz CT molecular complexity index is 682. The lowest BCUT2D eigenvalue weighted by Gasteiger charge is -2.10. The normalized spacial score (nSPS) is 10.6. The zero-order valence-electron chi connectivity index (χ0n) is 11.6. The van der Waals surface area contributed by atoms with Gasteiger partial charge in [-0.25, -0.2) is 0 Å². The number of halogens is 1. The predicted molar refractivity (Wildman–Crippen MR) is 81.2 cm³/mol. The molecule has 0 aliphatic rings. The molecular weight excluding hydrogens is 274 g/mol. The van der Waals surface area contributed by atoms with Crippen LogP contribution in [0.4, 0.5) is 17.2 Å². The van der Waals surface area contributed by atoms with Crippen LogP contribution >= 0.6 is 11.6 Å². The van der Waals surface area contributed by atoms with E-state index in [4.69, 9.17) is 22.6 Å². The second-order valence-corrected chi connectivity index (χ2v) is 5.26. The molecule has 20 heavy (non-hydrogen) atoms. The van der Waals surface area contributed by atoms with Crippen molar-refractivity contribution in [1.82, 2.24) is 9.78 Å². The van der Waals surface area contributed by atoms with Crippen LogP contribution in [-0.4, -0.2) is 9.78 Å². The minimum atomic E-state index is 0.244. The topological polar surface area (TPSA) is 79.7 Å². The smallest absolute Gasteiger partial charge is 0.152 e. The maximum absolute atomic E-state index is 8.83. The fourth-order valence-corrected chi connectivity index (χ4v) is 2.18. The highest BCUT2D eigenvalue weighted by atomic mass is 35.5. The highest BCUT2D eigenvalue weighted by molar-refractivity contribution is 6.33. The molecular formula is C14H16ClN5. The third-order valence-corrected chi connectivity index (χ3v) is 3.32. The van der Waals surface area contributed by atoms with Gasteiger partial charge in [0.25, 0.3) is 0 Å². The monoisotopic (exact) mass is 289 g/mol. The van der Waals surface area contributed by atoms with Crippen molar-refractivity contribution in [2.24, 2.45) is 7.05 Å². The van der Waals surface area contributed by atoms with Gasteiger partial charge < -0.3 is 11.1 Å². The van der Waals surface area contributed by atoms with Gasteiger partial charge in [-0.05, 0) is 24.1 Å². The van der Waals surface area contributed by atoms with Gasteiger partial charge in [-0.3, -0.25) is 4.68 Å². The molecule has 1 aromatic heterocycles. The van der Waals surface area contributed by atoms with Gasteiger partial charge >= 0.3 is 0 Å². The molecule has 0 saturated carbocycles. The van der Waals surface area contributed by atoms with Crippen LogP contribution in [0, 0.1) is 11.3 Å². The molecule has 0 atom stereocenters. The van der Waals surface area contributed by atoms with Crippen molar-refractivity contribution < 1.29 is 0 Å². The molecule has 0 fully saturated rings. The molecule has 0 unspecified atom stereocenters. The first-order chi connectivity index (χ1) is 9.43. The van der Waals surface area contributed by atoms with E-state index in [1.807, 2.05) is 27.0 Å². The molecule has 0 aliphatic heterocycles. The molecule has 2 aromatic rings. The highest BCUT2D eigenvalue weighted by Gasteiger charge is 2.16. The minimum Gasteiger partial charge on any atom is -0.394 e. The standard InChI is InChI=1S/C14H16ClN5/c1-8(2)13-12(17)14(20(3)19-13)18-11-5-4-9(7-16)6-10(11)15/h4-6,8,18H,17H2,1-3H3. The van der Waals surface area contributed by atoms with Crippen molar-refractivity contribution in [3.63, 3.8) is 0 Å². The first-order valence-corrected chi connectivity index (χ1v) is 6.61. The molecule has 104 valence electrons. The number of nitrogen functional groups attached to an aromatic ring is 1. The Morgan fingerprint density at radius 1 is 1.45 bits per heavy atom. The summed E-state index contributed by atoms with van der Waals surface area (Å²) in [6.07, 6.45) is 0. The molecule has 6 heteroatoms. The first kappa shape index (κ1) is 14.2. The minimum absolute atomic E-state index is 0.244. The molecule has 0 bridgehead atoms. The summed E-state index contributed by atoms with van der Waals surface area (Å²) < 4.78 is 1.69. The van der Waals surface area contributed by atoms with Crippen molar-refractivity contribution in [2.45, 2.75) is 19.8 Å². The summed E-state index contributed by atoms with van der Waals surface area (Å²) in [5.41, 5.74) is 8.78. The Balaban J connectivity index is 2.38. The molecule has 0 radical (unpaired) electrons. The molecule has 0 amide bonds. The number of benzene rings is 1. The summed E-state index contributed by atoms with van der Waals surface area (Å²) in [6.45, 7) is 4.08. The van der Waals surface area contributed by atoms with Crippen molar-refractivity contribution in [1.29, 1.82) is 5.26 Å². The number of aromatic nitrogens is 2. The van der Waals surface area contributed by atoms with E-state index in [0.717, 1.165) is 5.69 Å². The van der Waals surface area contributed by atoms with E-state index >= 15 is 0 Å². The first-order valence-electron chi connectivity index (χ1n) is 6.23. The van der Waals surface area contributed by atoms with Crippen LogP contribution in [0.2, 0.25) is 5.02 Å². The number of nitrogens with two attached hydrogens (primary N) is 1. The van der Waals surface area contributed by atoms with E-state index in [9.17, 15) is 0 Å². The van der Waals surface area contributed by atoms with E-state index < -0.39 is 0 Å². The lowest BCUT2D eigenvalue weighted by molar-refractivity contribution is 0.718. The van der Waals surface area contributed by atoms with Crippen LogP contribution < -0.4 is 11.1 Å². The van der Waals surface area contributed by atoms with Crippen LogP contribution in [0.1, 0.15) is 31.0 Å². The van der Waals surface area contributed by atoms with Crippen molar-refractivity contribution >= 4 is 28.8 Å². The maximum atomic E-state index is 8.83. The van der Waals surface area contributed by atoms with Crippen LogP contribution in [0.15, 0.2) is 18.2 Å². The summed E-state index contributed by atoms with van der Waals surface area (Å²) in [5, 5.41) is 16.9. The summed E-state index contributed by atoms with van der Waals surface area (Å²) in [7, 11) is 1.82. The Labute approximate surface area is 123 Å². The second-order valence-electron chi connectivity index (χ2n) is 4.86. The Hall–Kier alpha value is -2.19.